The number of benzene rings is 1. The zero-order valence-corrected chi connectivity index (χ0v) is 9.03. The first-order chi connectivity index (χ1) is 6.68. The van der Waals surface area contributed by atoms with Crippen LogP contribution >= 0.6 is 0 Å². The molecule has 1 atom stereocenters. The van der Waals surface area contributed by atoms with Crippen molar-refractivity contribution < 1.29 is 0 Å². The molecule has 14 heavy (non-hydrogen) atoms. The van der Waals surface area contributed by atoms with Gasteiger partial charge in [0.25, 0.3) is 0 Å². The minimum absolute atomic E-state index is 0.274. The molecule has 1 aliphatic carbocycles. The van der Waals surface area contributed by atoms with E-state index in [4.69, 9.17) is 5.73 Å². The van der Waals surface area contributed by atoms with Gasteiger partial charge in [0, 0.05) is 6.04 Å². The van der Waals surface area contributed by atoms with E-state index in [1.54, 1.807) is 0 Å². The zero-order chi connectivity index (χ0) is 10.1. The van der Waals surface area contributed by atoms with Crippen LogP contribution in [0.15, 0.2) is 24.3 Å². The van der Waals surface area contributed by atoms with Crippen LogP contribution in [0.2, 0.25) is 0 Å². The first-order valence-corrected chi connectivity index (χ1v) is 5.54. The van der Waals surface area contributed by atoms with Crippen LogP contribution in [0.3, 0.4) is 0 Å². The normalized spacial score (nSPS) is 18.6. The summed E-state index contributed by atoms with van der Waals surface area (Å²) in [6, 6.07) is 9.08. The van der Waals surface area contributed by atoms with Gasteiger partial charge in [0.15, 0.2) is 0 Å². The highest BCUT2D eigenvalue weighted by Crippen LogP contribution is 2.39. The summed E-state index contributed by atoms with van der Waals surface area (Å²) in [4.78, 5) is 0. The molecule has 1 aromatic carbocycles. The molecule has 2 N–H and O–H groups in total. The second-order valence-corrected chi connectivity index (χ2v) is 4.68. The van der Waals surface area contributed by atoms with Crippen molar-refractivity contribution in [2.75, 3.05) is 0 Å². The highest BCUT2D eigenvalue weighted by atomic mass is 14.7. The third-order valence-corrected chi connectivity index (χ3v) is 3.12. The van der Waals surface area contributed by atoms with Gasteiger partial charge in [-0.25, -0.2) is 0 Å². The Morgan fingerprint density at radius 3 is 2.00 bits per heavy atom. The lowest BCUT2D eigenvalue weighted by Crippen LogP contribution is -2.12. The lowest BCUT2D eigenvalue weighted by atomic mass is 9.98. The quantitative estimate of drug-likeness (QED) is 0.776. The Morgan fingerprint density at radius 1 is 1.07 bits per heavy atom. The zero-order valence-electron chi connectivity index (χ0n) is 9.03. The SMILES string of the molecule is CC(C)c1ccc(C(N)C2CC2)cc1. The van der Waals surface area contributed by atoms with Gasteiger partial charge in [-0.2, -0.15) is 0 Å². The monoisotopic (exact) mass is 189 g/mol. The summed E-state index contributed by atoms with van der Waals surface area (Å²) in [5.41, 5.74) is 8.83. The molecule has 0 radical (unpaired) electrons. The van der Waals surface area contributed by atoms with Gasteiger partial charge >= 0.3 is 0 Å². The van der Waals surface area contributed by atoms with E-state index in [1.165, 1.54) is 24.0 Å². The maximum Gasteiger partial charge on any atom is 0.0323 e. The highest BCUT2D eigenvalue weighted by molar-refractivity contribution is 5.27. The Labute approximate surface area is 86.3 Å². The van der Waals surface area contributed by atoms with E-state index in [-0.39, 0.29) is 6.04 Å². The first-order valence-electron chi connectivity index (χ1n) is 5.54. The third kappa shape index (κ3) is 1.98. The van der Waals surface area contributed by atoms with Gasteiger partial charge < -0.3 is 5.73 Å². The third-order valence-electron chi connectivity index (χ3n) is 3.12. The minimum atomic E-state index is 0.274. The summed E-state index contributed by atoms with van der Waals surface area (Å²) in [7, 11) is 0. The van der Waals surface area contributed by atoms with E-state index in [0.29, 0.717) is 5.92 Å². The van der Waals surface area contributed by atoms with Gasteiger partial charge in [0.1, 0.15) is 0 Å². The molecule has 1 heteroatoms. The molecule has 1 aromatic rings. The van der Waals surface area contributed by atoms with Crippen molar-refractivity contribution in [3.8, 4) is 0 Å². The van der Waals surface area contributed by atoms with Crippen molar-refractivity contribution in [2.24, 2.45) is 11.7 Å². The van der Waals surface area contributed by atoms with Crippen molar-refractivity contribution in [2.45, 2.75) is 38.6 Å². The molecule has 2 rings (SSSR count). The lowest BCUT2D eigenvalue weighted by molar-refractivity contribution is 0.633. The summed E-state index contributed by atoms with van der Waals surface area (Å²) >= 11 is 0. The van der Waals surface area contributed by atoms with Crippen LogP contribution in [0.4, 0.5) is 0 Å². The molecule has 0 heterocycles. The average molecular weight is 189 g/mol. The standard InChI is InChI=1S/C13H19N/c1-9(2)10-3-5-11(6-4-10)13(14)12-7-8-12/h3-6,9,12-13H,7-8,14H2,1-2H3. The second-order valence-electron chi connectivity index (χ2n) is 4.68. The topological polar surface area (TPSA) is 26.0 Å². The fraction of sp³-hybridized carbons (Fsp3) is 0.538. The summed E-state index contributed by atoms with van der Waals surface area (Å²) in [6.07, 6.45) is 2.63. The van der Waals surface area contributed by atoms with Gasteiger partial charge in [0.2, 0.25) is 0 Å². The fourth-order valence-corrected chi connectivity index (χ4v) is 1.83. The van der Waals surface area contributed by atoms with Crippen molar-refractivity contribution in [1.29, 1.82) is 0 Å². The predicted molar refractivity (Wildman–Crippen MR) is 60.2 cm³/mol. The van der Waals surface area contributed by atoms with Crippen molar-refractivity contribution >= 4 is 0 Å². The first kappa shape index (κ1) is 9.72. The van der Waals surface area contributed by atoms with Crippen molar-refractivity contribution in [3.05, 3.63) is 35.4 Å². The van der Waals surface area contributed by atoms with Crippen LogP contribution in [0.25, 0.3) is 0 Å². The minimum Gasteiger partial charge on any atom is -0.324 e. The highest BCUT2D eigenvalue weighted by Gasteiger charge is 2.29. The molecule has 1 saturated carbocycles. The molecule has 1 unspecified atom stereocenters. The Morgan fingerprint density at radius 2 is 1.57 bits per heavy atom. The summed E-state index contributed by atoms with van der Waals surface area (Å²) < 4.78 is 0. The molecular formula is C13H19N. The molecule has 0 aliphatic heterocycles. The lowest BCUT2D eigenvalue weighted by Gasteiger charge is -2.12. The van der Waals surface area contributed by atoms with Crippen molar-refractivity contribution in [1.82, 2.24) is 0 Å². The number of nitrogens with two attached hydrogens (primary N) is 1. The van der Waals surface area contributed by atoms with Crippen LogP contribution < -0.4 is 5.73 Å². The molecular weight excluding hydrogens is 170 g/mol. The number of hydrogen-bond donors (Lipinski definition) is 1. The van der Waals surface area contributed by atoms with E-state index >= 15 is 0 Å². The molecule has 1 fully saturated rings. The van der Waals surface area contributed by atoms with Gasteiger partial charge in [-0.3, -0.25) is 0 Å². The maximum absolute atomic E-state index is 6.13. The van der Waals surface area contributed by atoms with E-state index in [2.05, 4.69) is 38.1 Å². The summed E-state index contributed by atoms with van der Waals surface area (Å²) in [5.74, 6) is 1.36. The number of hydrogen-bond acceptors (Lipinski definition) is 1. The summed E-state index contributed by atoms with van der Waals surface area (Å²) in [6.45, 7) is 4.44. The molecule has 1 aliphatic rings. The van der Waals surface area contributed by atoms with Gasteiger partial charge in [-0.1, -0.05) is 38.1 Å². The molecule has 0 amide bonds. The molecule has 0 aromatic heterocycles. The van der Waals surface area contributed by atoms with Gasteiger partial charge in [-0.05, 0) is 35.8 Å². The fourth-order valence-electron chi connectivity index (χ4n) is 1.83. The van der Waals surface area contributed by atoms with Crippen LogP contribution in [0.1, 0.15) is 49.8 Å². The second kappa shape index (κ2) is 3.74. The Bertz CT molecular complexity index is 296. The van der Waals surface area contributed by atoms with Crippen molar-refractivity contribution in [3.63, 3.8) is 0 Å². The Hall–Kier alpha value is -0.820. The Kier molecular flexibility index (Phi) is 2.60. The molecule has 0 spiro atoms. The molecule has 76 valence electrons. The van der Waals surface area contributed by atoms with Gasteiger partial charge in [-0.15, -0.1) is 0 Å². The molecule has 0 bridgehead atoms. The van der Waals surface area contributed by atoms with Crippen LogP contribution in [0.5, 0.6) is 0 Å². The molecule has 0 saturated heterocycles. The van der Waals surface area contributed by atoms with Crippen LogP contribution in [-0.2, 0) is 0 Å². The maximum atomic E-state index is 6.13. The van der Waals surface area contributed by atoms with E-state index in [0.717, 1.165) is 5.92 Å². The Balaban J connectivity index is 2.12. The van der Waals surface area contributed by atoms with E-state index in [9.17, 15) is 0 Å². The molecule has 1 nitrogen and oxygen atoms in total. The van der Waals surface area contributed by atoms with E-state index < -0.39 is 0 Å². The predicted octanol–water partition coefficient (Wildman–Crippen LogP) is 3.22. The summed E-state index contributed by atoms with van der Waals surface area (Å²) in [5, 5.41) is 0. The smallest absolute Gasteiger partial charge is 0.0323 e. The van der Waals surface area contributed by atoms with E-state index in [1.807, 2.05) is 0 Å². The average Bonchev–Trinajstić information content (AvgIpc) is 3.00. The van der Waals surface area contributed by atoms with Gasteiger partial charge in [0.05, 0.1) is 0 Å². The largest absolute Gasteiger partial charge is 0.324 e. The number of rotatable bonds is 3. The van der Waals surface area contributed by atoms with Crippen LogP contribution in [-0.4, -0.2) is 0 Å². The van der Waals surface area contributed by atoms with Crippen LogP contribution in [0, 0.1) is 5.92 Å².